The molecule has 2 aromatic rings. The van der Waals surface area contributed by atoms with Crippen molar-refractivity contribution in [3.8, 4) is 0 Å². The third-order valence-electron chi connectivity index (χ3n) is 4.80. The maximum atomic E-state index is 13.3. The maximum Gasteiger partial charge on any atom is 0.250 e. The first-order valence-corrected chi connectivity index (χ1v) is 10.5. The predicted molar refractivity (Wildman–Crippen MR) is 105 cm³/mol. The maximum absolute atomic E-state index is 13.3. The molecule has 1 amide bonds. The monoisotopic (exact) mass is 372 g/mol. The number of benzene rings is 2. The second-order valence-electron chi connectivity index (χ2n) is 6.96. The molecule has 5 nitrogen and oxygen atoms in total. The van der Waals surface area contributed by atoms with Gasteiger partial charge in [0.05, 0.1) is 11.9 Å². The molecule has 0 unspecified atom stereocenters. The zero-order valence-electron chi connectivity index (χ0n) is 15.5. The van der Waals surface area contributed by atoms with Crippen molar-refractivity contribution in [2.75, 3.05) is 15.5 Å². The number of rotatable bonds is 4. The molecule has 0 fully saturated rings. The van der Waals surface area contributed by atoms with Crippen LogP contribution in [0.25, 0.3) is 0 Å². The van der Waals surface area contributed by atoms with E-state index >= 15 is 0 Å². The van der Waals surface area contributed by atoms with Crippen LogP contribution in [0.15, 0.2) is 48.5 Å². The van der Waals surface area contributed by atoms with Crippen molar-refractivity contribution in [2.24, 2.45) is 0 Å². The third kappa shape index (κ3) is 3.33. The van der Waals surface area contributed by atoms with Crippen LogP contribution in [-0.4, -0.2) is 32.7 Å². The Morgan fingerprint density at radius 3 is 2.38 bits per heavy atom. The molecule has 0 aliphatic carbocycles. The Morgan fingerprint density at radius 2 is 1.77 bits per heavy atom. The van der Waals surface area contributed by atoms with Crippen molar-refractivity contribution in [3.63, 3.8) is 0 Å². The van der Waals surface area contributed by atoms with Gasteiger partial charge in [-0.1, -0.05) is 35.9 Å². The van der Waals surface area contributed by atoms with Crippen molar-refractivity contribution in [2.45, 2.75) is 39.3 Å². The number of amides is 1. The molecule has 26 heavy (non-hydrogen) atoms. The second-order valence-corrected chi connectivity index (χ2v) is 8.82. The summed E-state index contributed by atoms with van der Waals surface area (Å²) >= 11 is 0. The number of nitrogens with zero attached hydrogens (tertiary/aromatic N) is 2. The zero-order chi connectivity index (χ0) is 19.1. The lowest BCUT2D eigenvalue weighted by molar-refractivity contribution is -0.119. The van der Waals surface area contributed by atoms with Gasteiger partial charge in [-0.15, -0.1) is 0 Å². The van der Waals surface area contributed by atoms with Gasteiger partial charge in [0.1, 0.15) is 6.04 Å². The Kier molecular flexibility index (Phi) is 4.80. The minimum absolute atomic E-state index is 0.00165. The van der Waals surface area contributed by atoms with Crippen molar-refractivity contribution < 1.29 is 13.2 Å². The normalized spacial score (nSPS) is 17.7. The highest BCUT2D eigenvalue weighted by molar-refractivity contribution is 7.92. The van der Waals surface area contributed by atoms with Gasteiger partial charge in [0.15, 0.2) is 0 Å². The fourth-order valence-corrected chi connectivity index (χ4v) is 4.77. The SMILES string of the molecule is Cc1ccc(N([C@@H](C)C(=O)N2c3ccccc3C[C@H]2C)S(C)(=O)=O)cc1. The number of hydrogen-bond acceptors (Lipinski definition) is 3. The largest absolute Gasteiger partial charge is 0.307 e. The van der Waals surface area contributed by atoms with Crippen LogP contribution in [0, 0.1) is 6.92 Å². The molecule has 2 atom stereocenters. The molecule has 0 bridgehead atoms. The Balaban J connectivity index is 1.98. The molecule has 2 aromatic carbocycles. The van der Waals surface area contributed by atoms with Crippen molar-refractivity contribution >= 4 is 27.3 Å². The van der Waals surface area contributed by atoms with E-state index in [0.717, 1.165) is 29.5 Å². The molecule has 1 heterocycles. The summed E-state index contributed by atoms with van der Waals surface area (Å²) in [5, 5.41) is 0. The Hall–Kier alpha value is -2.34. The smallest absolute Gasteiger partial charge is 0.250 e. The van der Waals surface area contributed by atoms with Gasteiger partial charge in [-0.2, -0.15) is 0 Å². The minimum atomic E-state index is -3.61. The number of hydrogen-bond donors (Lipinski definition) is 0. The zero-order valence-corrected chi connectivity index (χ0v) is 16.3. The van der Waals surface area contributed by atoms with Crippen molar-refractivity contribution in [3.05, 3.63) is 59.7 Å². The van der Waals surface area contributed by atoms with Crippen LogP contribution in [-0.2, 0) is 21.2 Å². The third-order valence-corrected chi connectivity index (χ3v) is 6.04. The fraction of sp³-hybridized carbons (Fsp3) is 0.350. The van der Waals surface area contributed by atoms with Crippen LogP contribution in [0.5, 0.6) is 0 Å². The summed E-state index contributed by atoms with van der Waals surface area (Å²) in [4.78, 5) is 15.0. The van der Waals surface area contributed by atoms with E-state index in [1.165, 1.54) is 4.31 Å². The van der Waals surface area contributed by atoms with Crippen LogP contribution in [0.4, 0.5) is 11.4 Å². The minimum Gasteiger partial charge on any atom is -0.307 e. The molecule has 6 heteroatoms. The summed E-state index contributed by atoms with van der Waals surface area (Å²) in [7, 11) is -3.61. The van der Waals surface area contributed by atoms with E-state index in [-0.39, 0.29) is 11.9 Å². The van der Waals surface area contributed by atoms with E-state index in [1.54, 1.807) is 24.0 Å². The topological polar surface area (TPSA) is 57.7 Å². The van der Waals surface area contributed by atoms with Crippen LogP contribution in [0.2, 0.25) is 0 Å². The number of carbonyl (C=O) groups is 1. The quantitative estimate of drug-likeness (QED) is 0.828. The van der Waals surface area contributed by atoms with Gasteiger partial charge in [0, 0.05) is 11.7 Å². The highest BCUT2D eigenvalue weighted by Gasteiger charge is 2.37. The van der Waals surface area contributed by atoms with Gasteiger partial charge in [-0.25, -0.2) is 8.42 Å². The van der Waals surface area contributed by atoms with Crippen LogP contribution < -0.4 is 9.21 Å². The van der Waals surface area contributed by atoms with Gasteiger partial charge >= 0.3 is 0 Å². The lowest BCUT2D eigenvalue weighted by atomic mass is 10.1. The summed E-state index contributed by atoms with van der Waals surface area (Å²) in [5.41, 5.74) is 3.51. The molecule has 0 spiro atoms. The average Bonchev–Trinajstić information content (AvgIpc) is 2.90. The van der Waals surface area contributed by atoms with Gasteiger partial charge in [0.2, 0.25) is 10.0 Å². The molecule has 0 radical (unpaired) electrons. The molecular formula is C20H24N2O3S. The first-order valence-electron chi connectivity index (χ1n) is 8.67. The number of fused-ring (bicyclic) bond motifs is 1. The first kappa shape index (κ1) is 18.5. The van der Waals surface area contributed by atoms with Gasteiger partial charge in [-0.05, 0) is 51.0 Å². The van der Waals surface area contributed by atoms with Crippen LogP contribution >= 0.6 is 0 Å². The predicted octanol–water partition coefficient (Wildman–Crippen LogP) is 3.13. The lowest BCUT2D eigenvalue weighted by Gasteiger charge is -2.33. The number of aryl methyl sites for hydroxylation is 1. The molecule has 0 aromatic heterocycles. The Morgan fingerprint density at radius 1 is 1.15 bits per heavy atom. The van der Waals surface area contributed by atoms with E-state index in [2.05, 4.69) is 0 Å². The summed E-state index contributed by atoms with van der Waals surface area (Å²) in [6.07, 6.45) is 1.91. The molecule has 0 saturated heterocycles. The molecule has 0 N–H and O–H groups in total. The average molecular weight is 372 g/mol. The summed E-state index contributed by atoms with van der Waals surface area (Å²) in [5.74, 6) is -0.214. The molecule has 0 saturated carbocycles. The second kappa shape index (κ2) is 6.76. The molecule has 138 valence electrons. The molecule has 1 aliphatic rings. The molecule has 3 rings (SSSR count). The van der Waals surface area contributed by atoms with Crippen molar-refractivity contribution in [1.82, 2.24) is 0 Å². The Bertz CT molecular complexity index is 922. The number of sulfonamides is 1. The number of anilines is 2. The summed E-state index contributed by atoms with van der Waals surface area (Å²) in [6, 6.07) is 14.1. The van der Waals surface area contributed by atoms with E-state index < -0.39 is 16.1 Å². The summed E-state index contributed by atoms with van der Waals surface area (Å²) < 4.78 is 26.1. The fourth-order valence-electron chi connectivity index (χ4n) is 3.60. The lowest BCUT2D eigenvalue weighted by Crippen LogP contribution is -2.51. The van der Waals surface area contributed by atoms with Crippen molar-refractivity contribution in [1.29, 1.82) is 0 Å². The number of para-hydroxylation sites is 1. The van der Waals surface area contributed by atoms with Gasteiger partial charge in [-0.3, -0.25) is 9.10 Å². The highest BCUT2D eigenvalue weighted by atomic mass is 32.2. The first-order chi connectivity index (χ1) is 12.2. The van der Waals surface area contributed by atoms with E-state index in [9.17, 15) is 13.2 Å². The van der Waals surface area contributed by atoms with Crippen LogP contribution in [0.3, 0.4) is 0 Å². The summed E-state index contributed by atoms with van der Waals surface area (Å²) in [6.45, 7) is 5.57. The molecular weight excluding hydrogens is 348 g/mol. The highest BCUT2D eigenvalue weighted by Crippen LogP contribution is 2.33. The van der Waals surface area contributed by atoms with Gasteiger partial charge < -0.3 is 4.90 Å². The Labute approximate surface area is 155 Å². The van der Waals surface area contributed by atoms with E-state index in [1.807, 2.05) is 50.2 Å². The van der Waals surface area contributed by atoms with Gasteiger partial charge in [0.25, 0.3) is 5.91 Å². The molecule has 1 aliphatic heterocycles. The van der Waals surface area contributed by atoms with Crippen LogP contribution in [0.1, 0.15) is 25.0 Å². The van der Waals surface area contributed by atoms with E-state index in [4.69, 9.17) is 0 Å². The standard InChI is InChI=1S/C20H24N2O3S/c1-14-9-11-18(12-10-14)22(26(4,24)25)16(3)20(23)21-15(2)13-17-7-5-6-8-19(17)21/h5-12,15-16H,13H2,1-4H3/t15-,16+/m1/s1. The van der Waals surface area contributed by atoms with E-state index in [0.29, 0.717) is 5.69 Å². The number of carbonyl (C=O) groups excluding carboxylic acids is 1.